The Kier molecular flexibility index (Phi) is 8.32. The fourth-order valence-corrected chi connectivity index (χ4v) is 10.3. The van der Waals surface area contributed by atoms with Crippen LogP contribution in [-0.2, 0) is 0 Å². The van der Waals surface area contributed by atoms with Gasteiger partial charge in [-0.3, -0.25) is 9.13 Å². The summed E-state index contributed by atoms with van der Waals surface area (Å²) < 4.78 is 7.51. The van der Waals surface area contributed by atoms with Gasteiger partial charge in [0, 0.05) is 81.8 Å². The first-order valence-corrected chi connectivity index (χ1v) is 21.5. The van der Waals surface area contributed by atoms with E-state index in [9.17, 15) is 0 Å². The highest BCUT2D eigenvalue weighted by Gasteiger charge is 2.25. The molecule has 3 heterocycles. The predicted molar refractivity (Wildman–Crippen MR) is 260 cm³/mol. The van der Waals surface area contributed by atoms with Gasteiger partial charge in [0.15, 0.2) is 0 Å². The molecule has 9 aromatic carbocycles. The topological polar surface area (TPSA) is 16.3 Å². The Labute approximate surface area is 357 Å². The van der Waals surface area contributed by atoms with Gasteiger partial charge in [-0.25, -0.2) is 0 Å². The Morgan fingerprint density at radius 2 is 0.738 bits per heavy atom. The van der Waals surface area contributed by atoms with Crippen molar-refractivity contribution in [2.75, 3.05) is 9.80 Å². The Morgan fingerprint density at radius 3 is 1.34 bits per heavy atom. The first kappa shape index (κ1) is 35.1. The number of nitrogens with zero attached hydrogens (tertiary/aromatic N) is 4. The summed E-state index contributed by atoms with van der Waals surface area (Å²) in [6.45, 7) is 0. The van der Waals surface area contributed by atoms with E-state index in [1.807, 2.05) is 11.3 Å². The van der Waals surface area contributed by atoms with Crippen LogP contribution in [0.25, 0.3) is 64.4 Å². The summed E-state index contributed by atoms with van der Waals surface area (Å²) in [4.78, 5) is 4.75. The van der Waals surface area contributed by atoms with Crippen molar-refractivity contribution in [3.8, 4) is 11.4 Å². The summed E-state index contributed by atoms with van der Waals surface area (Å²) in [6.07, 6.45) is 0. The highest BCUT2D eigenvalue weighted by atomic mass is 32.1. The summed E-state index contributed by atoms with van der Waals surface area (Å²) in [7, 11) is 0. The van der Waals surface area contributed by atoms with Crippen LogP contribution < -0.4 is 9.80 Å². The molecule has 5 heteroatoms. The van der Waals surface area contributed by atoms with Crippen molar-refractivity contribution in [2.24, 2.45) is 0 Å². The summed E-state index contributed by atoms with van der Waals surface area (Å²) in [5, 5.41) is 6.16. The molecule has 0 aliphatic carbocycles. The maximum atomic E-state index is 2.46. The van der Waals surface area contributed by atoms with E-state index in [1.165, 1.54) is 36.3 Å². The molecule has 0 bridgehead atoms. The Hall–Kier alpha value is -7.86. The molecule has 0 N–H and O–H groups in total. The smallest absolute Gasteiger partial charge is 0.131 e. The molecule has 0 saturated carbocycles. The second-order valence-corrected chi connectivity index (χ2v) is 16.5. The first-order valence-electron chi connectivity index (χ1n) is 20.7. The molecule has 0 aliphatic heterocycles. The lowest BCUT2D eigenvalue weighted by Crippen LogP contribution is -2.10. The monoisotopic (exact) mass is 798 g/mol. The lowest BCUT2D eigenvalue weighted by atomic mass is 10.1. The molecule has 61 heavy (non-hydrogen) atoms. The minimum atomic E-state index is 1.09. The van der Waals surface area contributed by atoms with E-state index < -0.39 is 0 Å². The summed E-state index contributed by atoms with van der Waals surface area (Å²) in [5.74, 6) is 0. The molecule has 12 rings (SSSR count). The minimum absolute atomic E-state index is 1.09. The largest absolute Gasteiger partial charge is 0.310 e. The van der Waals surface area contributed by atoms with Crippen LogP contribution in [0.4, 0.5) is 34.1 Å². The van der Waals surface area contributed by atoms with Gasteiger partial charge >= 0.3 is 0 Å². The first-order chi connectivity index (χ1) is 30.3. The lowest BCUT2D eigenvalue weighted by Gasteiger charge is -2.26. The number of thiophene rings is 1. The number of hydrogen-bond donors (Lipinski definition) is 0. The molecule has 0 aliphatic rings. The Bertz CT molecular complexity index is 3480. The van der Waals surface area contributed by atoms with Crippen molar-refractivity contribution in [1.82, 2.24) is 9.13 Å². The molecule has 0 amide bonds. The fourth-order valence-electron chi connectivity index (χ4n) is 9.21. The van der Waals surface area contributed by atoms with E-state index in [-0.39, 0.29) is 0 Å². The van der Waals surface area contributed by atoms with Crippen LogP contribution in [0.1, 0.15) is 0 Å². The number of aromatic nitrogens is 2. The van der Waals surface area contributed by atoms with Crippen molar-refractivity contribution >= 4 is 98.5 Å². The zero-order valence-corrected chi connectivity index (χ0v) is 34.0. The number of benzene rings is 9. The average molecular weight is 799 g/mol. The molecule has 0 spiro atoms. The highest BCUT2D eigenvalue weighted by molar-refractivity contribution is 7.25. The zero-order chi connectivity index (χ0) is 40.3. The quantitative estimate of drug-likeness (QED) is 0.152. The minimum Gasteiger partial charge on any atom is -0.310 e. The standard InChI is InChI=1S/C56H38N4S/c1-6-18-39(19-7-1)57(40-20-8-2-9-21-40)44-31-34-51-50(37-44)55-48-33-30-46(38-52(48)60(43-26-14-5-15-27-43)56(55)59(51)42-24-12-4-13-25-42)58(41-22-10-3-11-23-41)45-32-35-54-49(36-45)47-28-16-17-29-53(47)61-54/h1-38H. The molecular formula is C56H38N4S. The molecule has 3 aromatic heterocycles. The molecule has 0 saturated heterocycles. The van der Waals surface area contributed by atoms with Crippen LogP contribution in [0.5, 0.6) is 0 Å². The summed E-state index contributed by atoms with van der Waals surface area (Å²) in [5.41, 5.74) is 12.3. The summed E-state index contributed by atoms with van der Waals surface area (Å²) >= 11 is 1.85. The second-order valence-electron chi connectivity index (χ2n) is 15.4. The van der Waals surface area contributed by atoms with Crippen LogP contribution in [0.3, 0.4) is 0 Å². The number of fused-ring (bicyclic) bond motifs is 8. The van der Waals surface area contributed by atoms with E-state index in [0.717, 1.165) is 62.2 Å². The third kappa shape index (κ3) is 5.81. The van der Waals surface area contributed by atoms with E-state index >= 15 is 0 Å². The number of rotatable bonds is 8. The number of hydrogen-bond acceptors (Lipinski definition) is 3. The summed E-state index contributed by atoms with van der Waals surface area (Å²) in [6, 6.07) is 83.3. The maximum absolute atomic E-state index is 2.46. The van der Waals surface area contributed by atoms with Crippen LogP contribution >= 0.6 is 11.3 Å². The van der Waals surface area contributed by atoms with E-state index in [0.29, 0.717) is 0 Å². The van der Waals surface area contributed by atoms with Gasteiger partial charge in [0.05, 0.1) is 11.0 Å². The Balaban J connectivity index is 1.16. The van der Waals surface area contributed by atoms with E-state index in [4.69, 9.17) is 0 Å². The molecule has 12 aromatic rings. The SMILES string of the molecule is c1ccc(N(c2ccccc2)c2ccc3c(c2)c2c4ccc(N(c5ccccc5)c5ccc6sc7ccccc7c6c5)cc4n(-c4ccccc4)c2n3-c2ccccc2)cc1. The van der Waals surface area contributed by atoms with Crippen molar-refractivity contribution in [3.63, 3.8) is 0 Å². The van der Waals surface area contributed by atoms with E-state index in [1.54, 1.807) is 0 Å². The number of para-hydroxylation sites is 5. The maximum Gasteiger partial charge on any atom is 0.131 e. The third-order valence-corrected chi connectivity index (χ3v) is 13.0. The van der Waals surface area contributed by atoms with E-state index in [2.05, 4.69) is 249 Å². The zero-order valence-electron chi connectivity index (χ0n) is 33.1. The van der Waals surface area contributed by atoms with Gasteiger partial charge in [-0.1, -0.05) is 115 Å². The van der Waals surface area contributed by atoms with Gasteiger partial charge in [0.25, 0.3) is 0 Å². The number of anilines is 6. The Morgan fingerprint density at radius 1 is 0.295 bits per heavy atom. The molecular weight excluding hydrogens is 761 g/mol. The van der Waals surface area contributed by atoms with Crippen molar-refractivity contribution in [3.05, 3.63) is 231 Å². The molecule has 0 fully saturated rings. The van der Waals surface area contributed by atoms with Gasteiger partial charge in [0.2, 0.25) is 0 Å². The van der Waals surface area contributed by atoms with Crippen molar-refractivity contribution < 1.29 is 0 Å². The second kappa shape index (κ2) is 14.5. The van der Waals surface area contributed by atoms with Gasteiger partial charge in [-0.2, -0.15) is 0 Å². The van der Waals surface area contributed by atoms with Crippen LogP contribution in [0.2, 0.25) is 0 Å². The predicted octanol–water partition coefficient (Wildman–Crippen LogP) is 16.0. The highest BCUT2D eigenvalue weighted by Crippen LogP contribution is 2.47. The lowest BCUT2D eigenvalue weighted by molar-refractivity contribution is 1.07. The van der Waals surface area contributed by atoms with Gasteiger partial charge in [0.1, 0.15) is 5.65 Å². The van der Waals surface area contributed by atoms with Crippen LogP contribution in [0.15, 0.2) is 231 Å². The van der Waals surface area contributed by atoms with Gasteiger partial charge in [-0.15, -0.1) is 11.3 Å². The fraction of sp³-hybridized carbons (Fsp3) is 0. The molecule has 0 radical (unpaired) electrons. The normalized spacial score (nSPS) is 11.6. The molecule has 288 valence electrons. The molecule has 4 nitrogen and oxygen atoms in total. The van der Waals surface area contributed by atoms with Crippen LogP contribution in [-0.4, -0.2) is 9.13 Å². The van der Waals surface area contributed by atoms with Crippen LogP contribution in [0, 0.1) is 0 Å². The third-order valence-electron chi connectivity index (χ3n) is 11.8. The molecule has 0 atom stereocenters. The van der Waals surface area contributed by atoms with Gasteiger partial charge < -0.3 is 9.80 Å². The average Bonchev–Trinajstić information content (AvgIpc) is 3.98. The van der Waals surface area contributed by atoms with Crippen molar-refractivity contribution in [1.29, 1.82) is 0 Å². The van der Waals surface area contributed by atoms with Crippen molar-refractivity contribution in [2.45, 2.75) is 0 Å². The molecule has 0 unspecified atom stereocenters. The van der Waals surface area contributed by atoms with Gasteiger partial charge in [-0.05, 0) is 115 Å².